The third-order valence-electron chi connectivity index (χ3n) is 2.67. The Balaban J connectivity index is 2.64. The van der Waals surface area contributed by atoms with Crippen molar-refractivity contribution in [2.75, 3.05) is 12.4 Å². The molecule has 0 fully saturated rings. The summed E-state index contributed by atoms with van der Waals surface area (Å²) >= 11 is 0. The molecule has 0 saturated carbocycles. The van der Waals surface area contributed by atoms with Gasteiger partial charge in [-0.1, -0.05) is 13.3 Å². The number of nitrogens with one attached hydrogen (secondary N) is 1. The van der Waals surface area contributed by atoms with Crippen molar-refractivity contribution in [2.45, 2.75) is 31.1 Å². The Kier molecular flexibility index (Phi) is 6.47. The minimum Gasteiger partial charge on any atom is -0.494 e. The lowest BCUT2D eigenvalue weighted by molar-refractivity contribution is -0.128. The van der Waals surface area contributed by atoms with Crippen molar-refractivity contribution < 1.29 is 23.2 Å². The number of ether oxygens (including phenoxy) is 1. The van der Waals surface area contributed by atoms with Crippen LogP contribution in [0.4, 0.5) is 0 Å². The SMILES string of the molecule is CCCCOc1ccc(S(=O)(=O)CCC(=O)NO)cc1. The topological polar surface area (TPSA) is 92.7 Å². The molecule has 0 bridgehead atoms. The van der Waals surface area contributed by atoms with E-state index < -0.39 is 15.7 Å². The highest BCUT2D eigenvalue weighted by molar-refractivity contribution is 7.91. The van der Waals surface area contributed by atoms with Gasteiger partial charge in [-0.3, -0.25) is 10.0 Å². The summed E-state index contributed by atoms with van der Waals surface area (Å²) in [5, 5.41) is 8.33. The van der Waals surface area contributed by atoms with Crippen molar-refractivity contribution >= 4 is 15.7 Å². The second-order valence-electron chi connectivity index (χ2n) is 4.28. The molecular formula is C13H19NO5S. The Labute approximate surface area is 118 Å². The molecule has 112 valence electrons. The van der Waals surface area contributed by atoms with Crippen LogP contribution in [0.2, 0.25) is 0 Å². The lowest BCUT2D eigenvalue weighted by Gasteiger charge is -2.07. The lowest BCUT2D eigenvalue weighted by Crippen LogP contribution is -2.22. The average molecular weight is 301 g/mol. The molecule has 20 heavy (non-hydrogen) atoms. The molecule has 0 atom stereocenters. The summed E-state index contributed by atoms with van der Waals surface area (Å²) in [7, 11) is -3.53. The van der Waals surface area contributed by atoms with Crippen LogP contribution in [0, 0.1) is 0 Å². The molecule has 0 aromatic heterocycles. The minimum atomic E-state index is -3.53. The highest BCUT2D eigenvalue weighted by Gasteiger charge is 2.16. The maximum atomic E-state index is 11.9. The van der Waals surface area contributed by atoms with Gasteiger partial charge < -0.3 is 4.74 Å². The predicted molar refractivity (Wildman–Crippen MR) is 73.4 cm³/mol. The van der Waals surface area contributed by atoms with Crippen LogP contribution < -0.4 is 10.2 Å². The molecule has 1 amide bonds. The van der Waals surface area contributed by atoms with Crippen LogP contribution in [-0.4, -0.2) is 31.9 Å². The number of carbonyl (C=O) groups excluding carboxylic acids is 1. The van der Waals surface area contributed by atoms with Gasteiger partial charge in [-0.15, -0.1) is 0 Å². The van der Waals surface area contributed by atoms with Gasteiger partial charge >= 0.3 is 0 Å². The fourth-order valence-electron chi connectivity index (χ4n) is 1.48. The van der Waals surface area contributed by atoms with E-state index in [0.717, 1.165) is 12.8 Å². The third kappa shape index (κ3) is 5.18. The Morgan fingerprint density at radius 1 is 1.30 bits per heavy atom. The van der Waals surface area contributed by atoms with Crippen LogP contribution in [0.25, 0.3) is 0 Å². The maximum absolute atomic E-state index is 11.9. The first-order valence-electron chi connectivity index (χ1n) is 6.38. The second kappa shape index (κ2) is 7.86. The molecule has 7 heteroatoms. The zero-order valence-corrected chi connectivity index (χ0v) is 12.1. The van der Waals surface area contributed by atoms with Gasteiger partial charge in [0.1, 0.15) is 5.75 Å². The molecule has 1 aromatic carbocycles. The number of rotatable bonds is 8. The molecule has 6 nitrogen and oxygen atoms in total. The molecule has 0 aliphatic heterocycles. The van der Waals surface area contributed by atoms with Crippen LogP contribution >= 0.6 is 0 Å². The summed E-state index contributed by atoms with van der Waals surface area (Å²) in [5.41, 5.74) is 1.40. The largest absolute Gasteiger partial charge is 0.494 e. The lowest BCUT2D eigenvalue weighted by atomic mass is 10.3. The van der Waals surface area contributed by atoms with E-state index in [2.05, 4.69) is 6.92 Å². The van der Waals surface area contributed by atoms with Crippen LogP contribution in [0.5, 0.6) is 5.75 Å². The second-order valence-corrected chi connectivity index (χ2v) is 6.39. The Hall–Kier alpha value is -1.60. The van der Waals surface area contributed by atoms with Gasteiger partial charge in [0.25, 0.3) is 0 Å². The van der Waals surface area contributed by atoms with Crippen molar-refractivity contribution in [1.82, 2.24) is 5.48 Å². The zero-order valence-electron chi connectivity index (χ0n) is 11.3. The van der Waals surface area contributed by atoms with Crippen LogP contribution in [-0.2, 0) is 14.6 Å². The van der Waals surface area contributed by atoms with Crippen molar-refractivity contribution in [3.05, 3.63) is 24.3 Å². The van der Waals surface area contributed by atoms with E-state index in [1.54, 1.807) is 12.1 Å². The fourth-order valence-corrected chi connectivity index (χ4v) is 2.72. The van der Waals surface area contributed by atoms with Crippen molar-refractivity contribution in [3.8, 4) is 5.75 Å². The number of benzene rings is 1. The molecule has 0 radical (unpaired) electrons. The number of hydrogen-bond donors (Lipinski definition) is 2. The first kappa shape index (κ1) is 16.5. The molecule has 1 rings (SSSR count). The number of sulfone groups is 1. The van der Waals surface area contributed by atoms with Crippen LogP contribution in [0.1, 0.15) is 26.2 Å². The van der Waals surface area contributed by atoms with Gasteiger partial charge in [-0.25, -0.2) is 13.9 Å². The standard InChI is InChI=1S/C13H19NO5S/c1-2-3-9-19-11-4-6-12(7-5-11)20(17,18)10-8-13(15)14-16/h4-7,16H,2-3,8-10H2,1H3,(H,14,15). The van der Waals surface area contributed by atoms with Gasteiger partial charge in [0, 0.05) is 6.42 Å². The average Bonchev–Trinajstić information content (AvgIpc) is 2.45. The summed E-state index contributed by atoms with van der Waals surface area (Å²) in [5.74, 6) is -0.464. The van der Waals surface area contributed by atoms with E-state index in [1.165, 1.54) is 17.6 Å². The summed E-state index contributed by atoms with van der Waals surface area (Å²) in [4.78, 5) is 11.0. The van der Waals surface area contributed by atoms with Crippen molar-refractivity contribution in [2.24, 2.45) is 0 Å². The van der Waals surface area contributed by atoms with Crippen LogP contribution in [0.15, 0.2) is 29.2 Å². The van der Waals surface area contributed by atoms with E-state index in [-0.39, 0.29) is 17.1 Å². The molecule has 0 spiro atoms. The van der Waals surface area contributed by atoms with Gasteiger partial charge in [0.05, 0.1) is 17.3 Å². The molecule has 0 saturated heterocycles. The number of hydroxylamine groups is 1. The van der Waals surface area contributed by atoms with Crippen LogP contribution in [0.3, 0.4) is 0 Å². The highest BCUT2D eigenvalue weighted by Crippen LogP contribution is 2.18. The first-order valence-corrected chi connectivity index (χ1v) is 8.03. The molecule has 0 aliphatic carbocycles. The summed E-state index contributed by atoms with van der Waals surface area (Å²) in [6.45, 7) is 2.65. The number of hydrogen-bond acceptors (Lipinski definition) is 5. The summed E-state index contributed by atoms with van der Waals surface area (Å²) < 4.78 is 29.3. The quantitative estimate of drug-likeness (QED) is 0.431. The van der Waals surface area contributed by atoms with E-state index in [0.29, 0.717) is 12.4 Å². The molecule has 1 aromatic rings. The van der Waals surface area contributed by atoms with Gasteiger partial charge in [-0.2, -0.15) is 0 Å². The molecule has 0 unspecified atom stereocenters. The number of carbonyl (C=O) groups is 1. The predicted octanol–water partition coefficient (Wildman–Crippen LogP) is 1.53. The number of unbranched alkanes of at least 4 members (excludes halogenated alkanes) is 1. The Bertz CT molecular complexity index is 524. The van der Waals surface area contributed by atoms with E-state index in [1.807, 2.05) is 0 Å². The van der Waals surface area contributed by atoms with Gasteiger partial charge in [-0.05, 0) is 30.7 Å². The molecule has 0 aliphatic rings. The minimum absolute atomic E-state index is 0.131. The molecule has 0 heterocycles. The van der Waals surface area contributed by atoms with E-state index in [9.17, 15) is 13.2 Å². The monoisotopic (exact) mass is 301 g/mol. The fraction of sp³-hybridized carbons (Fsp3) is 0.462. The summed E-state index contributed by atoms with van der Waals surface area (Å²) in [6, 6.07) is 6.09. The van der Waals surface area contributed by atoms with Crippen molar-refractivity contribution in [1.29, 1.82) is 0 Å². The Morgan fingerprint density at radius 3 is 2.50 bits per heavy atom. The van der Waals surface area contributed by atoms with Gasteiger partial charge in [0.15, 0.2) is 9.84 Å². The maximum Gasteiger partial charge on any atom is 0.244 e. The third-order valence-corrected chi connectivity index (χ3v) is 4.40. The smallest absolute Gasteiger partial charge is 0.244 e. The summed E-state index contributed by atoms with van der Waals surface area (Å²) in [6.07, 6.45) is 1.68. The normalized spacial score (nSPS) is 11.1. The van der Waals surface area contributed by atoms with E-state index in [4.69, 9.17) is 9.94 Å². The van der Waals surface area contributed by atoms with Crippen molar-refractivity contribution in [3.63, 3.8) is 0 Å². The Morgan fingerprint density at radius 2 is 1.95 bits per heavy atom. The number of amides is 1. The molecular weight excluding hydrogens is 282 g/mol. The van der Waals surface area contributed by atoms with Gasteiger partial charge in [0.2, 0.25) is 5.91 Å². The van der Waals surface area contributed by atoms with E-state index >= 15 is 0 Å². The first-order chi connectivity index (χ1) is 9.49. The molecule has 2 N–H and O–H groups in total. The zero-order chi connectivity index (χ0) is 15.0. The highest BCUT2D eigenvalue weighted by atomic mass is 32.2.